The first-order chi connectivity index (χ1) is 14.3. The second-order valence-electron chi connectivity index (χ2n) is 6.50. The molecule has 1 heterocycles. The van der Waals surface area contributed by atoms with Crippen LogP contribution in [0.25, 0.3) is 0 Å². The van der Waals surface area contributed by atoms with E-state index in [-0.39, 0.29) is 5.91 Å². The summed E-state index contributed by atoms with van der Waals surface area (Å²) in [5.74, 6) is -2.78. The molecule has 0 saturated carbocycles. The number of hydrogen-bond acceptors (Lipinski definition) is 5. The monoisotopic (exact) mass is 478 g/mol. The zero-order valence-corrected chi connectivity index (χ0v) is 18.0. The SMILES string of the molecule is COc1ccc(C(=O)N2CCN(Cc3ccccc3Br)CC2)cc1.O=C(O)C(=O)O. The van der Waals surface area contributed by atoms with E-state index >= 15 is 0 Å². The van der Waals surface area contributed by atoms with E-state index in [2.05, 4.69) is 39.0 Å². The van der Waals surface area contributed by atoms with Gasteiger partial charge in [0.2, 0.25) is 0 Å². The van der Waals surface area contributed by atoms with Gasteiger partial charge in [0.25, 0.3) is 5.91 Å². The van der Waals surface area contributed by atoms with Crippen molar-refractivity contribution in [2.75, 3.05) is 33.3 Å². The van der Waals surface area contributed by atoms with Gasteiger partial charge in [0.1, 0.15) is 5.75 Å². The third kappa shape index (κ3) is 6.85. The molecule has 30 heavy (non-hydrogen) atoms. The summed E-state index contributed by atoms with van der Waals surface area (Å²) in [7, 11) is 1.63. The predicted molar refractivity (Wildman–Crippen MR) is 114 cm³/mol. The highest BCUT2D eigenvalue weighted by Crippen LogP contribution is 2.19. The summed E-state index contributed by atoms with van der Waals surface area (Å²) < 4.78 is 6.28. The molecule has 1 aliphatic rings. The van der Waals surface area contributed by atoms with Crippen molar-refractivity contribution in [3.8, 4) is 5.75 Å². The van der Waals surface area contributed by atoms with Crippen LogP contribution in [-0.4, -0.2) is 71.1 Å². The second kappa shape index (κ2) is 11.3. The highest BCUT2D eigenvalue weighted by atomic mass is 79.9. The molecule has 160 valence electrons. The number of amides is 1. The van der Waals surface area contributed by atoms with E-state index in [0.29, 0.717) is 0 Å². The number of carboxylic acids is 2. The molecule has 8 nitrogen and oxygen atoms in total. The predicted octanol–water partition coefficient (Wildman–Crippen LogP) is 2.57. The maximum absolute atomic E-state index is 12.6. The van der Waals surface area contributed by atoms with Crippen molar-refractivity contribution in [3.63, 3.8) is 0 Å². The lowest BCUT2D eigenvalue weighted by atomic mass is 10.1. The molecule has 9 heteroatoms. The van der Waals surface area contributed by atoms with E-state index in [4.69, 9.17) is 24.5 Å². The summed E-state index contributed by atoms with van der Waals surface area (Å²) >= 11 is 3.60. The van der Waals surface area contributed by atoms with E-state index in [1.807, 2.05) is 35.2 Å². The smallest absolute Gasteiger partial charge is 0.414 e. The lowest BCUT2D eigenvalue weighted by Crippen LogP contribution is -2.48. The van der Waals surface area contributed by atoms with Gasteiger partial charge in [0, 0.05) is 42.8 Å². The van der Waals surface area contributed by atoms with Crippen LogP contribution in [0.3, 0.4) is 0 Å². The number of ether oxygens (including phenoxy) is 1. The molecule has 0 radical (unpaired) electrons. The third-order valence-corrected chi connectivity index (χ3v) is 5.30. The number of aliphatic carboxylic acids is 2. The maximum atomic E-state index is 12.6. The molecule has 2 aromatic rings. The van der Waals surface area contributed by atoms with Gasteiger partial charge in [-0.15, -0.1) is 0 Å². The van der Waals surface area contributed by atoms with Crippen molar-refractivity contribution < 1.29 is 29.3 Å². The zero-order chi connectivity index (χ0) is 22.1. The van der Waals surface area contributed by atoms with Gasteiger partial charge in [-0.3, -0.25) is 9.69 Å². The Balaban J connectivity index is 0.000000469. The van der Waals surface area contributed by atoms with E-state index in [9.17, 15) is 4.79 Å². The van der Waals surface area contributed by atoms with E-state index in [1.165, 1.54) is 5.56 Å². The number of benzene rings is 2. The first kappa shape index (κ1) is 23.4. The van der Waals surface area contributed by atoms with Crippen LogP contribution in [0.15, 0.2) is 53.0 Å². The number of halogens is 1. The van der Waals surface area contributed by atoms with E-state index in [1.54, 1.807) is 7.11 Å². The van der Waals surface area contributed by atoms with Crippen molar-refractivity contribution >= 4 is 33.8 Å². The van der Waals surface area contributed by atoms with Gasteiger partial charge in [0.05, 0.1) is 7.11 Å². The molecule has 1 aliphatic heterocycles. The summed E-state index contributed by atoms with van der Waals surface area (Å²) in [6.07, 6.45) is 0. The molecule has 0 aliphatic carbocycles. The highest BCUT2D eigenvalue weighted by Gasteiger charge is 2.22. The van der Waals surface area contributed by atoms with E-state index < -0.39 is 11.9 Å². The molecular formula is C21H23BrN2O6. The normalized spacial score (nSPS) is 13.7. The van der Waals surface area contributed by atoms with Gasteiger partial charge in [-0.25, -0.2) is 9.59 Å². The molecule has 3 rings (SSSR count). The lowest BCUT2D eigenvalue weighted by molar-refractivity contribution is -0.159. The Hall–Kier alpha value is -2.91. The summed E-state index contributed by atoms with van der Waals surface area (Å²) in [5, 5.41) is 14.8. The number of carbonyl (C=O) groups is 3. The van der Waals surface area contributed by atoms with Crippen LogP contribution in [0.1, 0.15) is 15.9 Å². The number of hydrogen-bond donors (Lipinski definition) is 2. The molecule has 0 spiro atoms. The van der Waals surface area contributed by atoms with Crippen molar-refractivity contribution in [1.29, 1.82) is 0 Å². The Morgan fingerprint density at radius 2 is 1.50 bits per heavy atom. The lowest BCUT2D eigenvalue weighted by Gasteiger charge is -2.35. The van der Waals surface area contributed by atoms with Gasteiger partial charge in [-0.05, 0) is 35.9 Å². The summed E-state index contributed by atoms with van der Waals surface area (Å²) in [6.45, 7) is 4.21. The van der Waals surface area contributed by atoms with Crippen LogP contribution in [-0.2, 0) is 16.1 Å². The Morgan fingerprint density at radius 1 is 0.933 bits per heavy atom. The van der Waals surface area contributed by atoms with Crippen LogP contribution in [0.2, 0.25) is 0 Å². The Kier molecular flexibility index (Phi) is 8.82. The summed E-state index contributed by atoms with van der Waals surface area (Å²) in [4.78, 5) is 35.1. The average Bonchev–Trinajstić information content (AvgIpc) is 2.76. The molecule has 0 bridgehead atoms. The zero-order valence-electron chi connectivity index (χ0n) is 16.5. The third-order valence-electron chi connectivity index (χ3n) is 4.53. The molecular weight excluding hydrogens is 456 g/mol. The Labute approximate surface area is 182 Å². The number of carboxylic acid groups (broad SMARTS) is 2. The summed E-state index contributed by atoms with van der Waals surface area (Å²) in [5.41, 5.74) is 2.00. The van der Waals surface area contributed by atoms with Gasteiger partial charge < -0.3 is 19.8 Å². The van der Waals surface area contributed by atoms with Gasteiger partial charge in [0.15, 0.2) is 0 Å². The first-order valence-electron chi connectivity index (χ1n) is 9.17. The molecule has 1 amide bonds. The Morgan fingerprint density at radius 3 is 2.00 bits per heavy atom. The molecule has 1 saturated heterocycles. The number of nitrogens with zero attached hydrogens (tertiary/aromatic N) is 2. The number of carbonyl (C=O) groups excluding carboxylic acids is 1. The maximum Gasteiger partial charge on any atom is 0.414 e. The minimum atomic E-state index is -1.82. The molecule has 2 N–H and O–H groups in total. The fourth-order valence-electron chi connectivity index (χ4n) is 2.89. The standard InChI is InChI=1S/C19H21BrN2O2.C2H2O4/c1-24-17-8-6-15(7-9-17)19(23)22-12-10-21(11-13-22)14-16-4-2-3-5-18(16)20;3-1(4)2(5)6/h2-9H,10-14H2,1H3;(H,3,4)(H,5,6). The topological polar surface area (TPSA) is 107 Å². The Bertz CT molecular complexity index is 867. The number of rotatable bonds is 4. The molecule has 2 aromatic carbocycles. The van der Waals surface area contributed by atoms with Crippen LogP contribution in [0.5, 0.6) is 5.75 Å². The largest absolute Gasteiger partial charge is 0.497 e. The minimum Gasteiger partial charge on any atom is -0.497 e. The van der Waals surface area contributed by atoms with Crippen molar-refractivity contribution in [2.24, 2.45) is 0 Å². The van der Waals surface area contributed by atoms with Crippen LogP contribution < -0.4 is 4.74 Å². The second-order valence-corrected chi connectivity index (χ2v) is 7.35. The highest BCUT2D eigenvalue weighted by molar-refractivity contribution is 9.10. The van der Waals surface area contributed by atoms with Gasteiger partial charge >= 0.3 is 11.9 Å². The van der Waals surface area contributed by atoms with Gasteiger partial charge in [-0.2, -0.15) is 0 Å². The molecule has 0 unspecified atom stereocenters. The van der Waals surface area contributed by atoms with E-state index in [0.717, 1.165) is 48.5 Å². The number of piperazine rings is 1. The number of methoxy groups -OCH3 is 1. The minimum absolute atomic E-state index is 0.0956. The summed E-state index contributed by atoms with van der Waals surface area (Å²) in [6, 6.07) is 15.6. The van der Waals surface area contributed by atoms with Crippen LogP contribution >= 0.6 is 15.9 Å². The molecule has 1 fully saturated rings. The van der Waals surface area contributed by atoms with Gasteiger partial charge in [-0.1, -0.05) is 34.1 Å². The first-order valence-corrected chi connectivity index (χ1v) is 9.96. The van der Waals surface area contributed by atoms with Crippen LogP contribution in [0, 0.1) is 0 Å². The van der Waals surface area contributed by atoms with Crippen molar-refractivity contribution in [2.45, 2.75) is 6.54 Å². The van der Waals surface area contributed by atoms with Crippen molar-refractivity contribution in [3.05, 3.63) is 64.1 Å². The fourth-order valence-corrected chi connectivity index (χ4v) is 3.30. The fraction of sp³-hybridized carbons (Fsp3) is 0.286. The quantitative estimate of drug-likeness (QED) is 0.650. The van der Waals surface area contributed by atoms with Crippen molar-refractivity contribution in [1.82, 2.24) is 9.80 Å². The average molecular weight is 479 g/mol. The van der Waals surface area contributed by atoms with Crippen LogP contribution in [0.4, 0.5) is 0 Å². The molecule has 0 aromatic heterocycles. The molecule has 0 atom stereocenters.